The van der Waals surface area contributed by atoms with Crippen LogP contribution in [0.3, 0.4) is 0 Å². The molecule has 2 aromatic rings. The molecule has 1 unspecified atom stereocenters. The van der Waals surface area contributed by atoms with Crippen LogP contribution >= 0.6 is 0 Å². The quantitative estimate of drug-likeness (QED) is 0.579. The van der Waals surface area contributed by atoms with E-state index in [4.69, 9.17) is 4.74 Å². The molecule has 28 heavy (non-hydrogen) atoms. The number of benzene rings is 2. The highest BCUT2D eigenvalue weighted by Gasteiger charge is 2.26. The number of non-ortho nitro benzene ring substituents is 1. The van der Waals surface area contributed by atoms with E-state index < -0.39 is 22.7 Å². The molecule has 1 aliphatic rings. The van der Waals surface area contributed by atoms with Gasteiger partial charge in [-0.25, -0.2) is 8.78 Å². The maximum Gasteiger partial charge on any atom is 0.269 e. The van der Waals surface area contributed by atoms with Crippen molar-refractivity contribution < 1.29 is 23.2 Å². The molecular formula is C19H19F2N3O4. The summed E-state index contributed by atoms with van der Waals surface area (Å²) in [4.78, 5) is 26.5. The van der Waals surface area contributed by atoms with Gasteiger partial charge in [-0.05, 0) is 31.2 Å². The summed E-state index contributed by atoms with van der Waals surface area (Å²) in [5, 5.41) is 10.7. The minimum atomic E-state index is -1.03. The van der Waals surface area contributed by atoms with Crippen LogP contribution in [0, 0.1) is 21.7 Å². The molecular weight excluding hydrogens is 372 g/mol. The van der Waals surface area contributed by atoms with Crippen LogP contribution in [0.4, 0.5) is 20.2 Å². The molecule has 9 heteroatoms. The largest absolute Gasteiger partial charge is 0.481 e. The molecule has 1 aliphatic heterocycles. The smallest absolute Gasteiger partial charge is 0.269 e. The first-order chi connectivity index (χ1) is 13.3. The second kappa shape index (κ2) is 8.20. The number of amides is 1. The molecule has 1 atom stereocenters. The Hall–Kier alpha value is -3.23. The van der Waals surface area contributed by atoms with Crippen molar-refractivity contribution in [2.45, 2.75) is 13.0 Å². The lowest BCUT2D eigenvalue weighted by Gasteiger charge is -2.37. The van der Waals surface area contributed by atoms with Crippen molar-refractivity contribution in [3.63, 3.8) is 0 Å². The molecule has 148 valence electrons. The highest BCUT2D eigenvalue weighted by Crippen LogP contribution is 2.21. The molecule has 0 saturated carbocycles. The molecule has 1 amide bonds. The average molecular weight is 391 g/mol. The van der Waals surface area contributed by atoms with Crippen molar-refractivity contribution in [2.24, 2.45) is 0 Å². The van der Waals surface area contributed by atoms with Gasteiger partial charge < -0.3 is 14.5 Å². The second-order valence-electron chi connectivity index (χ2n) is 6.42. The Balaban J connectivity index is 1.55. The first-order valence-corrected chi connectivity index (χ1v) is 8.75. The lowest BCUT2D eigenvalue weighted by Crippen LogP contribution is -2.52. The van der Waals surface area contributed by atoms with E-state index in [1.54, 1.807) is 24.0 Å². The minimum Gasteiger partial charge on any atom is -0.481 e. The summed E-state index contributed by atoms with van der Waals surface area (Å²) in [5.74, 6) is -2.17. The van der Waals surface area contributed by atoms with Gasteiger partial charge in [0.05, 0.1) is 4.92 Å². The zero-order valence-electron chi connectivity index (χ0n) is 15.2. The summed E-state index contributed by atoms with van der Waals surface area (Å²) in [6.07, 6.45) is -0.837. The van der Waals surface area contributed by atoms with Crippen LogP contribution in [0.15, 0.2) is 42.5 Å². The fourth-order valence-corrected chi connectivity index (χ4v) is 3.03. The topological polar surface area (TPSA) is 75.9 Å². The molecule has 0 aliphatic carbocycles. The van der Waals surface area contributed by atoms with E-state index in [1.807, 2.05) is 4.90 Å². The number of rotatable bonds is 5. The van der Waals surface area contributed by atoms with Gasteiger partial charge in [-0.15, -0.1) is 0 Å². The van der Waals surface area contributed by atoms with Crippen LogP contribution in [0.1, 0.15) is 6.92 Å². The van der Waals surface area contributed by atoms with E-state index >= 15 is 0 Å². The Morgan fingerprint density at radius 2 is 1.71 bits per heavy atom. The van der Waals surface area contributed by atoms with E-state index in [0.29, 0.717) is 26.2 Å². The summed E-state index contributed by atoms with van der Waals surface area (Å²) in [6.45, 7) is 3.62. The molecule has 0 radical (unpaired) electrons. The third-order valence-corrected chi connectivity index (χ3v) is 4.57. The van der Waals surface area contributed by atoms with Gasteiger partial charge in [0.1, 0.15) is 5.75 Å². The van der Waals surface area contributed by atoms with Gasteiger partial charge >= 0.3 is 0 Å². The van der Waals surface area contributed by atoms with Gasteiger partial charge in [0, 0.05) is 50.1 Å². The molecule has 3 rings (SSSR count). The van der Waals surface area contributed by atoms with E-state index in [1.165, 1.54) is 18.2 Å². The van der Waals surface area contributed by atoms with E-state index in [2.05, 4.69) is 0 Å². The SMILES string of the molecule is CC(Oc1ccc(F)c(F)c1)C(=O)N1CCN(c2ccc([N+](=O)[O-])cc2)CC1. The van der Waals surface area contributed by atoms with Crippen molar-refractivity contribution >= 4 is 17.3 Å². The second-order valence-corrected chi connectivity index (χ2v) is 6.42. The number of nitro groups is 1. The highest BCUT2D eigenvalue weighted by atomic mass is 19.2. The Labute approximate surface area is 160 Å². The molecule has 0 bridgehead atoms. The zero-order valence-corrected chi connectivity index (χ0v) is 15.2. The van der Waals surface area contributed by atoms with E-state index in [-0.39, 0.29) is 17.3 Å². The van der Waals surface area contributed by atoms with Gasteiger partial charge in [-0.3, -0.25) is 14.9 Å². The van der Waals surface area contributed by atoms with Crippen molar-refractivity contribution in [1.82, 2.24) is 4.90 Å². The molecule has 2 aromatic carbocycles. The van der Waals surface area contributed by atoms with Crippen LogP contribution in [0.25, 0.3) is 0 Å². The Morgan fingerprint density at radius 3 is 2.29 bits per heavy atom. The molecule has 1 heterocycles. The monoisotopic (exact) mass is 391 g/mol. The highest BCUT2D eigenvalue weighted by molar-refractivity contribution is 5.81. The van der Waals surface area contributed by atoms with Crippen molar-refractivity contribution in [1.29, 1.82) is 0 Å². The molecule has 1 saturated heterocycles. The summed E-state index contributed by atoms with van der Waals surface area (Å²) in [7, 11) is 0. The number of hydrogen-bond acceptors (Lipinski definition) is 5. The van der Waals surface area contributed by atoms with Gasteiger partial charge in [0.15, 0.2) is 17.7 Å². The fourth-order valence-electron chi connectivity index (χ4n) is 3.03. The van der Waals surface area contributed by atoms with E-state index in [0.717, 1.165) is 17.8 Å². The number of carbonyl (C=O) groups is 1. The van der Waals surface area contributed by atoms with Gasteiger partial charge in [0.25, 0.3) is 11.6 Å². The predicted molar refractivity (Wildman–Crippen MR) is 98.3 cm³/mol. The molecule has 0 spiro atoms. The summed E-state index contributed by atoms with van der Waals surface area (Å²) in [5.41, 5.74) is 0.879. The number of nitrogens with zero attached hydrogens (tertiary/aromatic N) is 3. The number of halogens is 2. The van der Waals surface area contributed by atoms with Crippen molar-refractivity contribution in [3.8, 4) is 5.75 Å². The number of piperazine rings is 1. The van der Waals surface area contributed by atoms with Crippen LogP contribution in [0.5, 0.6) is 5.75 Å². The van der Waals surface area contributed by atoms with Gasteiger partial charge in [0.2, 0.25) is 0 Å². The molecule has 0 N–H and O–H groups in total. The Bertz CT molecular complexity index is 868. The van der Waals surface area contributed by atoms with Gasteiger partial charge in [-0.2, -0.15) is 0 Å². The molecule has 1 fully saturated rings. The lowest BCUT2D eigenvalue weighted by atomic mass is 10.2. The third kappa shape index (κ3) is 4.36. The average Bonchev–Trinajstić information content (AvgIpc) is 2.70. The van der Waals surface area contributed by atoms with Crippen LogP contribution in [-0.2, 0) is 4.79 Å². The number of nitro benzene ring substituents is 1. The van der Waals surface area contributed by atoms with Crippen molar-refractivity contribution in [3.05, 3.63) is 64.2 Å². The number of anilines is 1. The maximum atomic E-state index is 13.3. The standard InChI is InChI=1S/C19H19F2N3O4/c1-13(28-16-6-7-17(20)18(21)12-16)19(25)23-10-8-22(9-11-23)14-2-4-15(5-3-14)24(26)27/h2-7,12-13H,8-11H2,1H3. The first-order valence-electron chi connectivity index (χ1n) is 8.75. The Kier molecular flexibility index (Phi) is 5.72. The lowest BCUT2D eigenvalue weighted by molar-refractivity contribution is -0.384. The molecule has 0 aromatic heterocycles. The fraction of sp³-hybridized carbons (Fsp3) is 0.316. The number of hydrogen-bond donors (Lipinski definition) is 0. The Morgan fingerprint density at radius 1 is 1.07 bits per heavy atom. The number of carbonyl (C=O) groups excluding carboxylic acids is 1. The normalized spacial score (nSPS) is 15.2. The third-order valence-electron chi connectivity index (χ3n) is 4.57. The predicted octanol–water partition coefficient (Wildman–Crippen LogP) is 2.99. The zero-order chi connectivity index (χ0) is 20.3. The summed E-state index contributed by atoms with van der Waals surface area (Å²) in [6, 6.07) is 9.40. The maximum absolute atomic E-state index is 13.3. The van der Waals surface area contributed by atoms with E-state index in [9.17, 15) is 23.7 Å². The summed E-state index contributed by atoms with van der Waals surface area (Å²) >= 11 is 0. The summed E-state index contributed by atoms with van der Waals surface area (Å²) < 4.78 is 31.7. The molecule has 7 nitrogen and oxygen atoms in total. The van der Waals surface area contributed by atoms with Crippen LogP contribution < -0.4 is 9.64 Å². The van der Waals surface area contributed by atoms with Gasteiger partial charge in [-0.1, -0.05) is 0 Å². The minimum absolute atomic E-state index is 0.0285. The number of ether oxygens (including phenoxy) is 1. The van der Waals surface area contributed by atoms with Crippen LogP contribution in [0.2, 0.25) is 0 Å². The first kappa shape index (κ1) is 19.5. The van der Waals surface area contributed by atoms with Crippen molar-refractivity contribution in [2.75, 3.05) is 31.1 Å². The van der Waals surface area contributed by atoms with Crippen LogP contribution in [-0.4, -0.2) is 48.0 Å².